The van der Waals surface area contributed by atoms with Gasteiger partial charge in [-0.2, -0.15) is 0 Å². The van der Waals surface area contributed by atoms with Crippen molar-refractivity contribution in [1.29, 1.82) is 0 Å². The van der Waals surface area contributed by atoms with Gasteiger partial charge in [0, 0.05) is 24.9 Å². The molecule has 0 amide bonds. The first-order valence-electron chi connectivity index (χ1n) is 13.1. The van der Waals surface area contributed by atoms with Crippen LogP contribution in [0.2, 0.25) is 0 Å². The molecule has 3 aromatic rings. The van der Waals surface area contributed by atoms with Crippen molar-refractivity contribution in [2.24, 2.45) is 13.0 Å². The summed E-state index contributed by atoms with van der Waals surface area (Å²) in [6.45, 7) is 4.69. The molecule has 2 aliphatic rings. The fourth-order valence-electron chi connectivity index (χ4n) is 4.87. The third kappa shape index (κ3) is 5.73. The Morgan fingerprint density at radius 2 is 2.00 bits per heavy atom. The maximum atomic E-state index is 12.1. The van der Waals surface area contributed by atoms with Crippen LogP contribution < -0.4 is 10.1 Å². The molecular formula is C27H35N7O3. The van der Waals surface area contributed by atoms with Gasteiger partial charge in [0.05, 0.1) is 42.8 Å². The standard InChI is InChI=1S/C27H35N7O3/c1-16(2)20-12-13-28-27(31-20)29-15-22-25(32-33-34(22)3)21-10-11-23(24(30-21)17-8-9-17)37-19-7-5-6-18(14-19)26(35)36-4/h10-13,16-19H,5-9,14-15H2,1-4H3,(H,28,29,31)/t18-,19-/m0/s1. The molecule has 1 N–H and O–H groups in total. The van der Waals surface area contributed by atoms with Gasteiger partial charge < -0.3 is 14.8 Å². The summed E-state index contributed by atoms with van der Waals surface area (Å²) >= 11 is 0. The number of esters is 1. The Bertz CT molecular complexity index is 1250. The highest BCUT2D eigenvalue weighted by Crippen LogP contribution is 2.45. The van der Waals surface area contributed by atoms with Crippen LogP contribution in [-0.4, -0.2) is 49.1 Å². The summed E-state index contributed by atoms with van der Waals surface area (Å²) in [6.07, 6.45) is 7.37. The van der Waals surface area contributed by atoms with Crippen molar-refractivity contribution in [1.82, 2.24) is 29.9 Å². The van der Waals surface area contributed by atoms with E-state index in [-0.39, 0.29) is 18.0 Å². The molecule has 37 heavy (non-hydrogen) atoms. The first-order chi connectivity index (χ1) is 17.9. The average Bonchev–Trinajstić information content (AvgIpc) is 3.70. The lowest BCUT2D eigenvalue weighted by atomic mass is 9.87. The predicted molar refractivity (Wildman–Crippen MR) is 138 cm³/mol. The van der Waals surface area contributed by atoms with E-state index >= 15 is 0 Å². The van der Waals surface area contributed by atoms with E-state index in [9.17, 15) is 4.79 Å². The minimum Gasteiger partial charge on any atom is -0.488 e. The fraction of sp³-hybridized carbons (Fsp3) is 0.556. The van der Waals surface area contributed by atoms with Crippen LogP contribution in [0.25, 0.3) is 11.4 Å². The Balaban J connectivity index is 1.35. The van der Waals surface area contributed by atoms with Crippen LogP contribution in [0, 0.1) is 5.92 Å². The molecule has 0 aromatic carbocycles. The molecule has 3 aromatic heterocycles. The number of rotatable bonds is 9. The molecular weight excluding hydrogens is 470 g/mol. The van der Waals surface area contributed by atoms with Crippen molar-refractivity contribution < 1.29 is 14.3 Å². The molecule has 0 unspecified atom stereocenters. The molecule has 5 rings (SSSR count). The molecule has 0 radical (unpaired) electrons. The lowest BCUT2D eigenvalue weighted by Crippen LogP contribution is -2.30. The Labute approximate surface area is 217 Å². The highest BCUT2D eigenvalue weighted by molar-refractivity contribution is 5.72. The third-order valence-electron chi connectivity index (χ3n) is 7.17. The maximum Gasteiger partial charge on any atom is 0.308 e. The molecule has 2 atom stereocenters. The van der Waals surface area contributed by atoms with Gasteiger partial charge in [-0.3, -0.25) is 4.79 Å². The topological polar surface area (TPSA) is 117 Å². The minimum atomic E-state index is -0.144. The number of carbonyl (C=O) groups is 1. The molecule has 2 aliphatic carbocycles. The van der Waals surface area contributed by atoms with Crippen molar-refractivity contribution in [2.45, 2.75) is 76.9 Å². The quantitative estimate of drug-likeness (QED) is 0.423. The van der Waals surface area contributed by atoms with Crippen LogP contribution in [0.3, 0.4) is 0 Å². The van der Waals surface area contributed by atoms with Gasteiger partial charge in [0.25, 0.3) is 0 Å². The summed E-state index contributed by atoms with van der Waals surface area (Å²) in [5.74, 6) is 1.86. The van der Waals surface area contributed by atoms with Gasteiger partial charge in [0.2, 0.25) is 5.95 Å². The summed E-state index contributed by atoms with van der Waals surface area (Å²) in [7, 11) is 3.33. The SMILES string of the molecule is COC(=O)[C@H]1CCC[C@H](Oc2ccc(-c3nnn(C)c3CNc3nccc(C(C)C)n3)nc2C2CC2)C1. The molecule has 2 fully saturated rings. The Morgan fingerprint density at radius 3 is 2.76 bits per heavy atom. The zero-order valence-electron chi connectivity index (χ0n) is 22.0. The van der Waals surface area contributed by atoms with E-state index in [0.29, 0.717) is 30.7 Å². The molecule has 0 bridgehead atoms. The van der Waals surface area contributed by atoms with Gasteiger partial charge in [0.1, 0.15) is 11.4 Å². The summed E-state index contributed by atoms with van der Waals surface area (Å²) in [5, 5.41) is 12.0. The molecule has 0 saturated heterocycles. The van der Waals surface area contributed by atoms with Crippen molar-refractivity contribution >= 4 is 11.9 Å². The highest BCUT2D eigenvalue weighted by atomic mass is 16.5. The van der Waals surface area contributed by atoms with Crippen LogP contribution in [-0.2, 0) is 23.1 Å². The normalized spacial score (nSPS) is 19.6. The zero-order chi connectivity index (χ0) is 25.9. The maximum absolute atomic E-state index is 12.1. The van der Waals surface area contributed by atoms with Crippen molar-refractivity contribution in [3.05, 3.63) is 41.5 Å². The first-order valence-corrected chi connectivity index (χ1v) is 13.1. The summed E-state index contributed by atoms with van der Waals surface area (Å²) in [5.41, 5.74) is 4.35. The van der Waals surface area contributed by atoms with E-state index in [0.717, 1.165) is 66.3 Å². The molecule has 0 spiro atoms. The van der Waals surface area contributed by atoms with E-state index in [2.05, 4.69) is 39.4 Å². The summed E-state index contributed by atoms with van der Waals surface area (Å²) in [6, 6.07) is 5.88. The van der Waals surface area contributed by atoms with Gasteiger partial charge in [-0.1, -0.05) is 19.1 Å². The van der Waals surface area contributed by atoms with E-state index in [1.807, 2.05) is 25.2 Å². The largest absolute Gasteiger partial charge is 0.488 e. The smallest absolute Gasteiger partial charge is 0.308 e. The number of ether oxygens (including phenoxy) is 2. The molecule has 196 valence electrons. The van der Waals surface area contributed by atoms with Gasteiger partial charge in [-0.05, 0) is 62.6 Å². The van der Waals surface area contributed by atoms with Gasteiger partial charge >= 0.3 is 5.97 Å². The lowest BCUT2D eigenvalue weighted by Gasteiger charge is -2.28. The second-order valence-electron chi connectivity index (χ2n) is 10.3. The van der Waals surface area contributed by atoms with Crippen molar-refractivity contribution in [3.63, 3.8) is 0 Å². The van der Waals surface area contributed by atoms with E-state index in [1.54, 1.807) is 10.9 Å². The molecule has 2 saturated carbocycles. The Morgan fingerprint density at radius 1 is 1.16 bits per heavy atom. The molecule has 3 heterocycles. The summed E-state index contributed by atoms with van der Waals surface area (Å²) in [4.78, 5) is 26.0. The number of hydrogen-bond donors (Lipinski definition) is 1. The van der Waals surface area contributed by atoms with Gasteiger partial charge in [0.15, 0.2) is 0 Å². The van der Waals surface area contributed by atoms with Crippen molar-refractivity contribution in [2.75, 3.05) is 12.4 Å². The summed E-state index contributed by atoms with van der Waals surface area (Å²) < 4.78 is 13.2. The Kier molecular flexibility index (Phi) is 7.34. The number of nitrogens with zero attached hydrogens (tertiary/aromatic N) is 6. The number of aryl methyl sites for hydroxylation is 1. The lowest BCUT2D eigenvalue weighted by molar-refractivity contribution is -0.147. The number of methoxy groups -OCH3 is 1. The number of pyridine rings is 1. The second-order valence-corrected chi connectivity index (χ2v) is 10.3. The van der Waals surface area contributed by atoms with Crippen LogP contribution >= 0.6 is 0 Å². The predicted octanol–water partition coefficient (Wildman–Crippen LogP) is 4.39. The number of hydrogen-bond acceptors (Lipinski definition) is 9. The molecule has 10 heteroatoms. The minimum absolute atomic E-state index is 0.0131. The molecule has 10 nitrogen and oxygen atoms in total. The monoisotopic (exact) mass is 505 g/mol. The van der Waals surface area contributed by atoms with Crippen LogP contribution in [0.15, 0.2) is 24.4 Å². The third-order valence-corrected chi connectivity index (χ3v) is 7.17. The van der Waals surface area contributed by atoms with E-state index in [4.69, 9.17) is 14.5 Å². The van der Waals surface area contributed by atoms with E-state index < -0.39 is 0 Å². The zero-order valence-corrected chi connectivity index (χ0v) is 22.0. The number of aromatic nitrogens is 6. The van der Waals surface area contributed by atoms with Crippen LogP contribution in [0.5, 0.6) is 5.75 Å². The highest BCUT2D eigenvalue weighted by Gasteiger charge is 2.33. The molecule has 0 aliphatic heterocycles. The fourth-order valence-corrected chi connectivity index (χ4v) is 4.87. The number of nitrogens with one attached hydrogen (secondary N) is 1. The number of carbonyl (C=O) groups excluding carboxylic acids is 1. The average molecular weight is 506 g/mol. The first kappa shape index (κ1) is 25.1. The van der Waals surface area contributed by atoms with Gasteiger partial charge in [-0.25, -0.2) is 19.6 Å². The van der Waals surface area contributed by atoms with Crippen molar-refractivity contribution in [3.8, 4) is 17.1 Å². The Hall–Kier alpha value is -3.56. The second kappa shape index (κ2) is 10.8. The van der Waals surface area contributed by atoms with E-state index in [1.165, 1.54) is 7.11 Å². The van der Waals surface area contributed by atoms with Crippen LogP contribution in [0.4, 0.5) is 5.95 Å². The number of anilines is 1. The van der Waals surface area contributed by atoms with Crippen LogP contribution in [0.1, 0.15) is 81.3 Å². The van der Waals surface area contributed by atoms with Gasteiger partial charge in [-0.15, -0.1) is 5.10 Å².